The molecule has 0 saturated heterocycles. The van der Waals surface area contributed by atoms with Crippen LogP contribution in [0.2, 0.25) is 0 Å². The zero-order chi connectivity index (χ0) is 22.9. The second-order valence-corrected chi connectivity index (χ2v) is 10.1. The number of hydrogen-bond donors (Lipinski definition) is 1. The third-order valence-electron chi connectivity index (χ3n) is 7.16. The number of aromatic amines is 1. The number of pyridine rings is 1. The van der Waals surface area contributed by atoms with Crippen molar-refractivity contribution in [1.82, 2.24) is 9.38 Å². The molecule has 0 aliphatic carbocycles. The summed E-state index contributed by atoms with van der Waals surface area (Å²) in [5.41, 5.74) is 8.60. The van der Waals surface area contributed by atoms with Gasteiger partial charge in [-0.1, -0.05) is 78.9 Å². The lowest BCUT2D eigenvalue weighted by molar-refractivity contribution is 1.22. The van der Waals surface area contributed by atoms with E-state index < -0.39 is 0 Å². The highest BCUT2D eigenvalue weighted by molar-refractivity contribution is 7.26. The Bertz CT molecular complexity index is 2050. The molecule has 2 nitrogen and oxygen atoms in total. The van der Waals surface area contributed by atoms with E-state index in [1.807, 2.05) is 11.3 Å². The van der Waals surface area contributed by atoms with Crippen LogP contribution in [0.3, 0.4) is 0 Å². The van der Waals surface area contributed by atoms with E-state index in [1.165, 1.54) is 58.7 Å². The molecular weight excluding hydrogens is 444 g/mol. The molecule has 4 aromatic carbocycles. The Balaban J connectivity index is 1.47. The quantitative estimate of drug-likeness (QED) is 0.263. The maximum absolute atomic E-state index is 3.71. The molecule has 0 saturated carbocycles. The number of benzene rings is 4. The van der Waals surface area contributed by atoms with Gasteiger partial charge in [-0.15, -0.1) is 11.3 Å². The van der Waals surface area contributed by atoms with Gasteiger partial charge < -0.3 is 9.38 Å². The lowest BCUT2D eigenvalue weighted by Crippen LogP contribution is -1.84. The van der Waals surface area contributed by atoms with Crippen molar-refractivity contribution in [3.63, 3.8) is 0 Å². The highest BCUT2D eigenvalue weighted by Gasteiger charge is 2.19. The molecule has 0 atom stereocenters. The Morgan fingerprint density at radius 3 is 2.40 bits per heavy atom. The van der Waals surface area contributed by atoms with Crippen LogP contribution in [0.4, 0.5) is 0 Å². The fraction of sp³-hybridized carbons (Fsp3) is 0. The Morgan fingerprint density at radius 2 is 1.46 bits per heavy atom. The first kappa shape index (κ1) is 19.0. The van der Waals surface area contributed by atoms with Gasteiger partial charge in [-0.3, -0.25) is 0 Å². The lowest BCUT2D eigenvalue weighted by Gasteiger charge is -2.06. The first-order chi connectivity index (χ1) is 17.4. The van der Waals surface area contributed by atoms with Gasteiger partial charge in [-0.05, 0) is 47.0 Å². The second-order valence-electron chi connectivity index (χ2n) is 9.09. The van der Waals surface area contributed by atoms with Crippen molar-refractivity contribution >= 4 is 59.0 Å². The van der Waals surface area contributed by atoms with E-state index in [2.05, 4.69) is 125 Å². The second kappa shape index (κ2) is 7.08. The SMILES string of the molecule is c1ccc(-c2c3c4cc(-c5cccc6c5sc5ccccc56)ccc4[nH]c3n3ccccc23)cc1. The molecule has 0 aliphatic rings. The van der Waals surface area contributed by atoms with Gasteiger partial charge >= 0.3 is 0 Å². The van der Waals surface area contributed by atoms with Gasteiger partial charge in [0, 0.05) is 48.2 Å². The molecule has 0 fully saturated rings. The van der Waals surface area contributed by atoms with Crippen LogP contribution >= 0.6 is 11.3 Å². The van der Waals surface area contributed by atoms with Gasteiger partial charge in [0.05, 0.1) is 5.52 Å². The molecule has 0 radical (unpaired) electrons. The van der Waals surface area contributed by atoms with E-state index in [4.69, 9.17) is 0 Å². The summed E-state index contributed by atoms with van der Waals surface area (Å²) in [5, 5.41) is 5.22. The van der Waals surface area contributed by atoms with E-state index in [-0.39, 0.29) is 0 Å². The minimum atomic E-state index is 1.15. The van der Waals surface area contributed by atoms with Gasteiger partial charge in [-0.25, -0.2) is 0 Å². The summed E-state index contributed by atoms with van der Waals surface area (Å²) in [7, 11) is 0. The van der Waals surface area contributed by atoms with E-state index in [0.717, 1.165) is 11.2 Å². The average molecular weight is 465 g/mol. The number of aromatic nitrogens is 2. The highest BCUT2D eigenvalue weighted by Crippen LogP contribution is 2.43. The van der Waals surface area contributed by atoms with Crippen LogP contribution < -0.4 is 0 Å². The molecule has 0 amide bonds. The number of H-pyrrole nitrogens is 1. The van der Waals surface area contributed by atoms with Gasteiger partial charge in [0.2, 0.25) is 0 Å². The molecule has 8 aromatic rings. The van der Waals surface area contributed by atoms with Gasteiger partial charge in [0.1, 0.15) is 5.65 Å². The summed E-state index contributed by atoms with van der Waals surface area (Å²) in [6.45, 7) is 0. The summed E-state index contributed by atoms with van der Waals surface area (Å²) < 4.78 is 4.97. The van der Waals surface area contributed by atoms with Crippen LogP contribution in [0.1, 0.15) is 0 Å². The Hall–Kier alpha value is -4.34. The number of hydrogen-bond acceptors (Lipinski definition) is 1. The van der Waals surface area contributed by atoms with Crippen LogP contribution in [0.25, 0.3) is 69.9 Å². The zero-order valence-electron chi connectivity index (χ0n) is 18.8. The summed E-state index contributed by atoms with van der Waals surface area (Å²) in [4.78, 5) is 3.71. The predicted octanol–water partition coefficient (Wildman–Crippen LogP) is 9.28. The third kappa shape index (κ3) is 2.64. The van der Waals surface area contributed by atoms with Crippen LogP contribution in [-0.4, -0.2) is 9.38 Å². The number of nitrogens with one attached hydrogen (secondary N) is 1. The number of thiophene rings is 1. The molecule has 3 heteroatoms. The molecule has 35 heavy (non-hydrogen) atoms. The van der Waals surface area contributed by atoms with Crippen molar-refractivity contribution in [2.45, 2.75) is 0 Å². The minimum Gasteiger partial charge on any atom is -0.340 e. The monoisotopic (exact) mass is 464 g/mol. The van der Waals surface area contributed by atoms with Gasteiger partial charge in [0.15, 0.2) is 0 Å². The van der Waals surface area contributed by atoms with Crippen molar-refractivity contribution < 1.29 is 0 Å². The molecular formula is C32H20N2S. The maximum atomic E-state index is 3.71. The molecule has 1 N–H and O–H groups in total. The minimum absolute atomic E-state index is 1.15. The van der Waals surface area contributed by atoms with E-state index >= 15 is 0 Å². The van der Waals surface area contributed by atoms with Crippen LogP contribution in [0, 0.1) is 0 Å². The van der Waals surface area contributed by atoms with Crippen LogP contribution in [0.15, 0.2) is 115 Å². The standard InChI is InChI=1S/C32H20N2S/c1-2-9-20(10-3-1)29-27-14-6-7-18-34(27)32-30(29)25-19-21(16-17-26(25)33-32)22-12-8-13-24-23-11-4-5-15-28(23)35-31(22)24/h1-19,33H. The number of rotatable bonds is 2. The molecule has 4 heterocycles. The molecule has 164 valence electrons. The van der Waals surface area contributed by atoms with E-state index in [1.54, 1.807) is 0 Å². The fourth-order valence-electron chi connectivity index (χ4n) is 5.62. The molecule has 8 rings (SSSR count). The van der Waals surface area contributed by atoms with Crippen LogP contribution in [-0.2, 0) is 0 Å². The van der Waals surface area contributed by atoms with Crippen molar-refractivity contribution in [2.24, 2.45) is 0 Å². The van der Waals surface area contributed by atoms with Gasteiger partial charge in [-0.2, -0.15) is 0 Å². The number of nitrogens with zero attached hydrogens (tertiary/aromatic N) is 1. The summed E-state index contributed by atoms with van der Waals surface area (Å²) in [6.07, 6.45) is 2.15. The third-order valence-corrected chi connectivity index (χ3v) is 8.38. The maximum Gasteiger partial charge on any atom is 0.123 e. The largest absolute Gasteiger partial charge is 0.340 e. The summed E-state index contributed by atoms with van der Waals surface area (Å²) in [6, 6.07) is 39.5. The van der Waals surface area contributed by atoms with Crippen LogP contribution in [0.5, 0.6) is 0 Å². The first-order valence-corrected chi connectivity index (χ1v) is 12.7. The molecule has 0 bridgehead atoms. The normalized spacial score (nSPS) is 12.0. The summed E-state index contributed by atoms with van der Waals surface area (Å²) in [5.74, 6) is 0. The Morgan fingerprint density at radius 1 is 0.629 bits per heavy atom. The Kier molecular flexibility index (Phi) is 3.85. The summed E-state index contributed by atoms with van der Waals surface area (Å²) >= 11 is 1.89. The molecule has 0 unspecified atom stereocenters. The Labute approximate surface area is 205 Å². The first-order valence-electron chi connectivity index (χ1n) is 11.9. The lowest BCUT2D eigenvalue weighted by atomic mass is 9.98. The topological polar surface area (TPSA) is 20.2 Å². The van der Waals surface area contributed by atoms with Crippen molar-refractivity contribution in [1.29, 1.82) is 0 Å². The van der Waals surface area contributed by atoms with Crippen molar-refractivity contribution in [3.8, 4) is 22.3 Å². The fourth-order valence-corrected chi connectivity index (χ4v) is 6.86. The van der Waals surface area contributed by atoms with E-state index in [0.29, 0.717) is 0 Å². The van der Waals surface area contributed by atoms with Crippen molar-refractivity contribution in [3.05, 3.63) is 115 Å². The number of fused-ring (bicyclic) bond motifs is 8. The molecule has 4 aromatic heterocycles. The molecule has 0 spiro atoms. The average Bonchev–Trinajstić information content (AvgIpc) is 3.57. The predicted molar refractivity (Wildman–Crippen MR) is 151 cm³/mol. The molecule has 0 aliphatic heterocycles. The van der Waals surface area contributed by atoms with Crippen molar-refractivity contribution in [2.75, 3.05) is 0 Å². The van der Waals surface area contributed by atoms with E-state index in [9.17, 15) is 0 Å². The highest BCUT2D eigenvalue weighted by atomic mass is 32.1. The zero-order valence-corrected chi connectivity index (χ0v) is 19.6. The van der Waals surface area contributed by atoms with Gasteiger partial charge in [0.25, 0.3) is 0 Å². The smallest absolute Gasteiger partial charge is 0.123 e.